The molecule has 3 rings (SSSR count). The fourth-order valence-electron chi connectivity index (χ4n) is 3.47. The fourth-order valence-corrected chi connectivity index (χ4v) is 3.47. The molecule has 0 bridgehead atoms. The number of benzene rings is 2. The van der Waals surface area contributed by atoms with Crippen LogP contribution in [0.25, 0.3) is 0 Å². The largest absolute Gasteiger partial charge is 0.493 e. The summed E-state index contributed by atoms with van der Waals surface area (Å²) in [5.41, 5.74) is 1.29. The van der Waals surface area contributed by atoms with Crippen LogP contribution in [0.5, 0.6) is 5.75 Å². The zero-order chi connectivity index (χ0) is 20.3. The van der Waals surface area contributed by atoms with Crippen molar-refractivity contribution in [1.82, 2.24) is 10.2 Å². The number of para-hydroxylation sites is 1. The first-order valence-electron chi connectivity index (χ1n) is 10.4. The molecule has 0 radical (unpaired) electrons. The third-order valence-electron chi connectivity index (χ3n) is 5.08. The van der Waals surface area contributed by atoms with Gasteiger partial charge in [0.15, 0.2) is 0 Å². The molecule has 0 unspecified atom stereocenters. The number of ether oxygens (including phenoxy) is 1. The number of carbonyl (C=O) groups is 1. The number of nitrogens with one attached hydrogen (secondary N) is 1. The molecule has 1 heterocycles. The zero-order valence-electron chi connectivity index (χ0n) is 16.9. The molecule has 0 aromatic heterocycles. The maximum Gasteiger partial charge on any atom is 0.220 e. The second-order valence-corrected chi connectivity index (χ2v) is 7.28. The minimum absolute atomic E-state index is 0.0433. The summed E-state index contributed by atoms with van der Waals surface area (Å²) in [6.07, 6.45) is 1.99. The molecule has 1 amide bonds. The quantitative estimate of drug-likeness (QED) is 0.623. The van der Waals surface area contributed by atoms with Crippen LogP contribution < -0.4 is 15.0 Å². The predicted molar refractivity (Wildman–Crippen MR) is 114 cm³/mol. The van der Waals surface area contributed by atoms with Gasteiger partial charge in [-0.1, -0.05) is 24.3 Å². The van der Waals surface area contributed by atoms with E-state index < -0.39 is 0 Å². The summed E-state index contributed by atoms with van der Waals surface area (Å²) < 4.78 is 18.5. The van der Waals surface area contributed by atoms with Crippen LogP contribution in [0.2, 0.25) is 0 Å². The molecule has 0 saturated carbocycles. The minimum Gasteiger partial charge on any atom is -0.493 e. The van der Waals surface area contributed by atoms with Crippen molar-refractivity contribution in [2.45, 2.75) is 19.3 Å². The number of hydrogen-bond acceptors (Lipinski definition) is 4. The molecule has 2 aromatic rings. The average molecular weight is 400 g/mol. The number of hydrogen-bond donors (Lipinski definition) is 1. The Kier molecular flexibility index (Phi) is 8.31. The van der Waals surface area contributed by atoms with Gasteiger partial charge in [0.25, 0.3) is 0 Å². The van der Waals surface area contributed by atoms with Gasteiger partial charge in [-0.05, 0) is 43.7 Å². The van der Waals surface area contributed by atoms with Crippen LogP contribution >= 0.6 is 0 Å². The number of halogens is 1. The number of amides is 1. The highest BCUT2D eigenvalue weighted by Gasteiger charge is 2.16. The lowest BCUT2D eigenvalue weighted by molar-refractivity contribution is -0.121. The monoisotopic (exact) mass is 399 g/mol. The van der Waals surface area contributed by atoms with E-state index in [1.165, 1.54) is 17.8 Å². The van der Waals surface area contributed by atoms with Crippen molar-refractivity contribution in [1.29, 1.82) is 0 Å². The van der Waals surface area contributed by atoms with E-state index in [0.717, 1.165) is 39.1 Å². The molecule has 156 valence electrons. The fraction of sp³-hybridized carbons (Fsp3) is 0.435. The van der Waals surface area contributed by atoms with Crippen LogP contribution in [-0.4, -0.2) is 56.7 Å². The lowest BCUT2D eigenvalue weighted by Gasteiger charge is -2.36. The number of anilines is 1. The van der Waals surface area contributed by atoms with Crippen LogP contribution in [0.3, 0.4) is 0 Å². The van der Waals surface area contributed by atoms with Crippen LogP contribution in [-0.2, 0) is 4.79 Å². The molecule has 6 heteroatoms. The molecular weight excluding hydrogens is 369 g/mol. The van der Waals surface area contributed by atoms with Gasteiger partial charge in [0.05, 0.1) is 6.61 Å². The first-order valence-corrected chi connectivity index (χ1v) is 10.4. The molecule has 1 aliphatic heterocycles. The van der Waals surface area contributed by atoms with Crippen LogP contribution in [0, 0.1) is 5.82 Å². The first kappa shape index (κ1) is 21.1. The Balaban J connectivity index is 1.20. The van der Waals surface area contributed by atoms with Gasteiger partial charge in [0, 0.05) is 50.9 Å². The minimum atomic E-state index is -0.318. The first-order chi connectivity index (χ1) is 14.2. The highest BCUT2D eigenvalue weighted by Crippen LogP contribution is 2.15. The van der Waals surface area contributed by atoms with Crippen molar-refractivity contribution in [3.05, 3.63) is 60.4 Å². The summed E-state index contributed by atoms with van der Waals surface area (Å²) in [6.45, 7) is 6.31. The second kappa shape index (κ2) is 11.4. The van der Waals surface area contributed by atoms with E-state index in [2.05, 4.69) is 39.4 Å². The molecule has 0 aliphatic carbocycles. The summed E-state index contributed by atoms with van der Waals surface area (Å²) in [6, 6.07) is 16.6. The van der Waals surface area contributed by atoms with Gasteiger partial charge in [-0.25, -0.2) is 4.39 Å². The van der Waals surface area contributed by atoms with Crippen molar-refractivity contribution in [2.75, 3.05) is 50.8 Å². The van der Waals surface area contributed by atoms with Gasteiger partial charge < -0.3 is 15.0 Å². The summed E-state index contributed by atoms with van der Waals surface area (Å²) >= 11 is 0. The van der Waals surface area contributed by atoms with Crippen LogP contribution in [0.4, 0.5) is 10.1 Å². The SMILES string of the molecule is O=C(CCCOc1cccc(F)c1)NCCCN1CCN(c2ccccc2)CC1. The topological polar surface area (TPSA) is 44.8 Å². The van der Waals surface area contributed by atoms with Gasteiger partial charge in [0.2, 0.25) is 5.91 Å². The molecular formula is C23H30FN3O2. The highest BCUT2D eigenvalue weighted by molar-refractivity contribution is 5.75. The summed E-state index contributed by atoms with van der Waals surface area (Å²) in [4.78, 5) is 16.8. The van der Waals surface area contributed by atoms with E-state index in [4.69, 9.17) is 4.74 Å². The third-order valence-corrected chi connectivity index (χ3v) is 5.08. The average Bonchev–Trinajstić information content (AvgIpc) is 2.75. The van der Waals surface area contributed by atoms with E-state index in [1.807, 2.05) is 6.07 Å². The predicted octanol–water partition coefficient (Wildman–Crippen LogP) is 3.31. The molecule has 2 aromatic carbocycles. The van der Waals surface area contributed by atoms with Gasteiger partial charge in [-0.15, -0.1) is 0 Å². The Labute approximate surface area is 172 Å². The highest BCUT2D eigenvalue weighted by atomic mass is 19.1. The van der Waals surface area contributed by atoms with Crippen molar-refractivity contribution in [3.63, 3.8) is 0 Å². The number of carbonyl (C=O) groups excluding carboxylic acids is 1. The molecule has 1 aliphatic rings. The zero-order valence-corrected chi connectivity index (χ0v) is 16.9. The van der Waals surface area contributed by atoms with Crippen LogP contribution in [0.1, 0.15) is 19.3 Å². The molecule has 1 fully saturated rings. The molecule has 0 spiro atoms. The van der Waals surface area contributed by atoms with Crippen LogP contribution in [0.15, 0.2) is 54.6 Å². The third kappa shape index (κ3) is 7.38. The lowest BCUT2D eigenvalue weighted by Crippen LogP contribution is -2.47. The Hall–Kier alpha value is -2.60. The summed E-state index contributed by atoms with van der Waals surface area (Å²) in [5.74, 6) is 0.223. The Morgan fingerprint density at radius 1 is 1.00 bits per heavy atom. The standard InChI is InChI=1S/C23H30FN3O2/c24-20-7-4-10-22(19-20)29-18-5-11-23(28)25-12-6-13-26-14-16-27(17-15-26)21-8-2-1-3-9-21/h1-4,7-10,19H,5-6,11-18H2,(H,25,28). The van der Waals surface area contributed by atoms with Gasteiger partial charge in [-0.3, -0.25) is 9.69 Å². The maximum absolute atomic E-state index is 13.1. The van der Waals surface area contributed by atoms with Crippen molar-refractivity contribution in [3.8, 4) is 5.75 Å². The smallest absolute Gasteiger partial charge is 0.220 e. The Bertz CT molecular complexity index is 749. The number of nitrogens with zero attached hydrogens (tertiary/aromatic N) is 2. The second-order valence-electron chi connectivity index (χ2n) is 7.28. The molecule has 1 saturated heterocycles. The summed E-state index contributed by atoms with van der Waals surface area (Å²) in [7, 11) is 0. The Morgan fingerprint density at radius 2 is 1.79 bits per heavy atom. The molecule has 0 atom stereocenters. The molecule has 29 heavy (non-hydrogen) atoms. The number of piperazine rings is 1. The van der Waals surface area contributed by atoms with E-state index in [-0.39, 0.29) is 11.7 Å². The summed E-state index contributed by atoms with van der Waals surface area (Å²) in [5, 5.41) is 2.97. The maximum atomic E-state index is 13.1. The van der Waals surface area contributed by atoms with Crippen molar-refractivity contribution in [2.24, 2.45) is 0 Å². The van der Waals surface area contributed by atoms with E-state index in [0.29, 0.717) is 31.7 Å². The number of rotatable bonds is 10. The van der Waals surface area contributed by atoms with Crippen molar-refractivity contribution >= 4 is 11.6 Å². The van der Waals surface area contributed by atoms with E-state index in [9.17, 15) is 9.18 Å². The Morgan fingerprint density at radius 3 is 2.55 bits per heavy atom. The van der Waals surface area contributed by atoms with Gasteiger partial charge in [-0.2, -0.15) is 0 Å². The van der Waals surface area contributed by atoms with E-state index >= 15 is 0 Å². The lowest BCUT2D eigenvalue weighted by atomic mass is 10.2. The van der Waals surface area contributed by atoms with E-state index in [1.54, 1.807) is 12.1 Å². The van der Waals surface area contributed by atoms with Gasteiger partial charge in [0.1, 0.15) is 11.6 Å². The van der Waals surface area contributed by atoms with Crippen molar-refractivity contribution < 1.29 is 13.9 Å². The normalized spacial score (nSPS) is 14.6. The molecule has 1 N–H and O–H groups in total. The van der Waals surface area contributed by atoms with Gasteiger partial charge >= 0.3 is 0 Å². The molecule has 5 nitrogen and oxygen atoms in total.